The average molecular weight is 211 g/mol. The molecule has 4 heteroatoms. The molecular weight excluding hydrogens is 202 g/mol. The van der Waals surface area contributed by atoms with Gasteiger partial charge < -0.3 is 5.73 Å². The summed E-state index contributed by atoms with van der Waals surface area (Å²) in [6, 6.07) is 9.22. The molecular formula is C12H9N3O. The summed E-state index contributed by atoms with van der Waals surface area (Å²) in [7, 11) is 0. The van der Waals surface area contributed by atoms with E-state index in [4.69, 9.17) is 11.0 Å². The second kappa shape index (κ2) is 3.99. The molecule has 0 saturated heterocycles. The molecule has 1 aromatic carbocycles. The van der Waals surface area contributed by atoms with Gasteiger partial charge >= 0.3 is 0 Å². The predicted octanol–water partition coefficient (Wildman–Crippen LogP) is 1.23. The fourth-order valence-electron chi connectivity index (χ4n) is 1.57. The van der Waals surface area contributed by atoms with Gasteiger partial charge in [-0.25, -0.2) is 4.99 Å². The molecule has 1 aromatic rings. The van der Waals surface area contributed by atoms with Crippen molar-refractivity contribution in [1.82, 2.24) is 0 Å². The van der Waals surface area contributed by atoms with Crippen LogP contribution in [0.15, 0.2) is 35.3 Å². The quantitative estimate of drug-likeness (QED) is 0.747. The maximum atomic E-state index is 11.3. The highest BCUT2D eigenvalue weighted by molar-refractivity contribution is 6.12. The van der Waals surface area contributed by atoms with Gasteiger partial charge in [0.05, 0.1) is 18.2 Å². The number of rotatable bonds is 2. The molecule has 4 nitrogen and oxygen atoms in total. The van der Waals surface area contributed by atoms with Crippen LogP contribution in [0.2, 0.25) is 0 Å². The summed E-state index contributed by atoms with van der Waals surface area (Å²) in [4.78, 5) is 15.4. The van der Waals surface area contributed by atoms with Crippen LogP contribution in [0.25, 0.3) is 5.70 Å². The number of hydrogen-bond donors (Lipinski definition) is 1. The predicted molar refractivity (Wildman–Crippen MR) is 60.4 cm³/mol. The maximum Gasteiger partial charge on any atom is 0.171 e. The average Bonchev–Trinajstić information content (AvgIpc) is 2.57. The van der Waals surface area contributed by atoms with Crippen LogP contribution in [0.1, 0.15) is 17.5 Å². The normalized spacial score (nSPS) is 15.4. The number of amidine groups is 1. The van der Waals surface area contributed by atoms with Gasteiger partial charge in [0.15, 0.2) is 5.78 Å². The van der Waals surface area contributed by atoms with Crippen molar-refractivity contribution < 1.29 is 4.79 Å². The highest BCUT2D eigenvalue weighted by Gasteiger charge is 2.17. The lowest BCUT2D eigenvalue weighted by atomic mass is 10.1. The molecule has 0 spiro atoms. The third-order valence-corrected chi connectivity index (χ3v) is 2.27. The summed E-state index contributed by atoms with van der Waals surface area (Å²) in [5, 5.41) is 8.40. The molecule has 0 aliphatic carbocycles. The largest absolute Gasteiger partial charge is 0.383 e. The van der Waals surface area contributed by atoms with Crippen molar-refractivity contribution in [3.05, 3.63) is 41.5 Å². The van der Waals surface area contributed by atoms with Gasteiger partial charge in [-0.1, -0.05) is 24.3 Å². The van der Waals surface area contributed by atoms with Crippen molar-refractivity contribution in [1.29, 1.82) is 5.26 Å². The Labute approximate surface area is 92.7 Å². The first-order valence-corrected chi connectivity index (χ1v) is 4.78. The first kappa shape index (κ1) is 10.1. The van der Waals surface area contributed by atoms with Gasteiger partial charge in [-0.15, -0.1) is 0 Å². The van der Waals surface area contributed by atoms with Gasteiger partial charge in [-0.05, 0) is 0 Å². The highest BCUT2D eigenvalue weighted by Crippen LogP contribution is 2.26. The molecule has 1 heterocycles. The van der Waals surface area contributed by atoms with Crippen molar-refractivity contribution >= 4 is 17.3 Å². The van der Waals surface area contributed by atoms with Gasteiger partial charge in [0.2, 0.25) is 0 Å². The minimum absolute atomic E-state index is 0.138. The molecule has 2 rings (SSSR count). The first-order valence-electron chi connectivity index (χ1n) is 4.78. The minimum atomic E-state index is -0.259. The van der Waals surface area contributed by atoms with Crippen molar-refractivity contribution in [3.63, 3.8) is 0 Å². The molecule has 0 aromatic heterocycles. The summed E-state index contributed by atoms with van der Waals surface area (Å²) in [6.07, 6.45) is 1.23. The smallest absolute Gasteiger partial charge is 0.171 e. The van der Waals surface area contributed by atoms with Crippen LogP contribution in [-0.2, 0) is 4.79 Å². The molecule has 1 aliphatic rings. The number of allylic oxidation sites excluding steroid dienone is 1. The van der Waals surface area contributed by atoms with Crippen LogP contribution in [0.4, 0.5) is 0 Å². The number of fused-ring (bicyclic) bond motifs is 1. The molecule has 0 saturated carbocycles. The van der Waals surface area contributed by atoms with Crippen molar-refractivity contribution in [2.75, 3.05) is 0 Å². The Morgan fingerprint density at radius 3 is 2.81 bits per heavy atom. The van der Waals surface area contributed by atoms with Crippen molar-refractivity contribution in [2.45, 2.75) is 6.42 Å². The van der Waals surface area contributed by atoms with E-state index < -0.39 is 0 Å². The number of hydrogen-bond acceptors (Lipinski definition) is 4. The molecule has 2 N–H and O–H groups in total. The summed E-state index contributed by atoms with van der Waals surface area (Å²) < 4.78 is 0. The zero-order valence-electron chi connectivity index (χ0n) is 8.47. The van der Waals surface area contributed by atoms with Crippen LogP contribution >= 0.6 is 0 Å². The van der Waals surface area contributed by atoms with E-state index in [1.165, 1.54) is 6.08 Å². The number of nitrogens with zero attached hydrogens (tertiary/aromatic N) is 2. The monoisotopic (exact) mass is 211 g/mol. The van der Waals surface area contributed by atoms with Crippen LogP contribution in [0, 0.1) is 11.3 Å². The first-order chi connectivity index (χ1) is 7.72. The molecule has 0 radical (unpaired) electrons. The van der Waals surface area contributed by atoms with E-state index in [9.17, 15) is 4.79 Å². The van der Waals surface area contributed by atoms with E-state index in [1.54, 1.807) is 6.07 Å². The summed E-state index contributed by atoms with van der Waals surface area (Å²) in [6.45, 7) is 0. The molecule has 0 unspecified atom stereocenters. The van der Waals surface area contributed by atoms with Gasteiger partial charge in [0.1, 0.15) is 5.84 Å². The van der Waals surface area contributed by atoms with Gasteiger partial charge in [0.25, 0.3) is 0 Å². The lowest BCUT2D eigenvalue weighted by Gasteiger charge is -1.97. The summed E-state index contributed by atoms with van der Waals surface area (Å²) in [5.74, 6) is 0.150. The second-order valence-corrected chi connectivity index (χ2v) is 3.37. The number of carbonyl (C=O) groups is 1. The molecule has 1 aliphatic heterocycles. The Hall–Kier alpha value is -2.41. The zero-order valence-corrected chi connectivity index (χ0v) is 8.47. The Morgan fingerprint density at radius 2 is 2.12 bits per heavy atom. The van der Waals surface area contributed by atoms with E-state index in [0.29, 0.717) is 11.5 Å². The Kier molecular flexibility index (Phi) is 2.52. The molecule has 0 fully saturated rings. The molecule has 16 heavy (non-hydrogen) atoms. The molecule has 0 bridgehead atoms. The van der Waals surface area contributed by atoms with E-state index >= 15 is 0 Å². The van der Waals surface area contributed by atoms with Crippen LogP contribution in [0.3, 0.4) is 0 Å². The van der Waals surface area contributed by atoms with E-state index in [0.717, 1.165) is 11.1 Å². The molecule has 78 valence electrons. The summed E-state index contributed by atoms with van der Waals surface area (Å²) in [5.41, 5.74) is 7.93. The topological polar surface area (TPSA) is 79.2 Å². The fourth-order valence-corrected chi connectivity index (χ4v) is 1.57. The van der Waals surface area contributed by atoms with Gasteiger partial charge in [-0.2, -0.15) is 5.26 Å². The lowest BCUT2D eigenvalue weighted by molar-refractivity contribution is -0.113. The molecule has 0 amide bonds. The fraction of sp³-hybridized carbons (Fsp3) is 0.0833. The van der Waals surface area contributed by atoms with Crippen molar-refractivity contribution in [2.24, 2.45) is 10.7 Å². The number of benzene rings is 1. The molecule has 0 atom stereocenters. The van der Waals surface area contributed by atoms with E-state index in [2.05, 4.69) is 4.99 Å². The van der Waals surface area contributed by atoms with Crippen LogP contribution < -0.4 is 5.73 Å². The minimum Gasteiger partial charge on any atom is -0.383 e. The van der Waals surface area contributed by atoms with Gasteiger partial charge in [0, 0.05) is 17.2 Å². The third-order valence-electron chi connectivity index (χ3n) is 2.27. The number of nitrogens with two attached hydrogens (primary N) is 1. The van der Waals surface area contributed by atoms with Gasteiger partial charge in [-0.3, -0.25) is 4.79 Å². The number of aliphatic imine (C=N–C) groups is 1. The van der Waals surface area contributed by atoms with E-state index in [1.807, 2.05) is 24.3 Å². The van der Waals surface area contributed by atoms with Crippen molar-refractivity contribution in [3.8, 4) is 6.07 Å². The highest BCUT2D eigenvalue weighted by atomic mass is 16.1. The Morgan fingerprint density at radius 1 is 1.44 bits per heavy atom. The number of carbonyl (C=O) groups excluding carboxylic acids is 1. The standard InChI is InChI=1S/C12H9N3O/c13-6-5-8(16)7-11-9-3-1-2-4-10(9)12(14)15-11/h1-4,7H,5H2,(H2,14,15). The van der Waals surface area contributed by atoms with Crippen LogP contribution in [-0.4, -0.2) is 11.6 Å². The second-order valence-electron chi connectivity index (χ2n) is 3.37. The SMILES string of the molecule is N#CCC(=O)C=C1N=C(N)c2ccccc21. The Balaban J connectivity index is 2.41. The third kappa shape index (κ3) is 1.71. The zero-order chi connectivity index (χ0) is 11.5. The lowest BCUT2D eigenvalue weighted by Crippen LogP contribution is -2.09. The van der Waals surface area contributed by atoms with Crippen LogP contribution in [0.5, 0.6) is 0 Å². The maximum absolute atomic E-state index is 11.3. The number of nitriles is 1. The summed E-state index contributed by atoms with van der Waals surface area (Å²) >= 11 is 0. The Bertz CT molecular complexity index is 550. The van der Waals surface area contributed by atoms with E-state index in [-0.39, 0.29) is 12.2 Å². The number of ketones is 1.